The molecule has 1 aromatic carbocycles. The molecule has 0 aliphatic heterocycles. The van der Waals surface area contributed by atoms with Crippen molar-refractivity contribution in [2.75, 3.05) is 13.7 Å². The van der Waals surface area contributed by atoms with Crippen LogP contribution in [0.15, 0.2) is 23.3 Å². The third kappa shape index (κ3) is 2.88. The lowest BCUT2D eigenvalue weighted by Crippen LogP contribution is -1.99. The van der Waals surface area contributed by atoms with Crippen LogP contribution >= 0.6 is 12.2 Å². The van der Waals surface area contributed by atoms with Crippen molar-refractivity contribution in [1.29, 1.82) is 0 Å². The Morgan fingerprint density at radius 2 is 2.30 bits per heavy atom. The molecular formula is C13H16N4O2S. The molecule has 0 atom stereocenters. The lowest BCUT2D eigenvalue weighted by molar-refractivity contribution is 0.310. The van der Waals surface area contributed by atoms with E-state index in [1.165, 1.54) is 0 Å². The third-order valence-electron chi connectivity index (χ3n) is 2.64. The molecular weight excluding hydrogens is 276 g/mol. The quantitative estimate of drug-likeness (QED) is 0.679. The number of nitrogens with one attached hydrogen (secondary N) is 1. The third-order valence-corrected chi connectivity index (χ3v) is 2.90. The molecule has 7 heteroatoms. The minimum Gasteiger partial charge on any atom is -0.492 e. The molecule has 2 aromatic rings. The van der Waals surface area contributed by atoms with Crippen LogP contribution in [0.2, 0.25) is 0 Å². The van der Waals surface area contributed by atoms with Crippen LogP contribution < -0.4 is 9.47 Å². The van der Waals surface area contributed by atoms with E-state index in [1.807, 2.05) is 32.0 Å². The minimum absolute atomic E-state index is 0.443. The number of H-pyrrole nitrogens is 1. The van der Waals surface area contributed by atoms with E-state index in [9.17, 15) is 0 Å². The fourth-order valence-corrected chi connectivity index (χ4v) is 1.97. The molecule has 1 N–H and O–H groups in total. The van der Waals surface area contributed by atoms with E-state index in [2.05, 4.69) is 15.3 Å². The molecule has 0 unspecified atom stereocenters. The molecule has 0 amide bonds. The van der Waals surface area contributed by atoms with Gasteiger partial charge >= 0.3 is 0 Å². The predicted molar refractivity (Wildman–Crippen MR) is 79.3 cm³/mol. The van der Waals surface area contributed by atoms with Crippen LogP contribution in [0.5, 0.6) is 11.5 Å². The largest absolute Gasteiger partial charge is 0.492 e. The predicted octanol–water partition coefficient (Wildman–Crippen LogP) is 2.54. The van der Waals surface area contributed by atoms with Crippen LogP contribution in [0.3, 0.4) is 0 Å². The van der Waals surface area contributed by atoms with Crippen molar-refractivity contribution < 1.29 is 9.47 Å². The summed E-state index contributed by atoms with van der Waals surface area (Å²) in [5, 5.41) is 11.0. The number of rotatable bonds is 5. The van der Waals surface area contributed by atoms with Crippen LogP contribution in [0.1, 0.15) is 18.3 Å². The lowest BCUT2D eigenvalue weighted by atomic mass is 10.2. The van der Waals surface area contributed by atoms with E-state index in [4.69, 9.17) is 21.7 Å². The molecule has 0 spiro atoms. The Morgan fingerprint density at radius 3 is 2.90 bits per heavy atom. The van der Waals surface area contributed by atoms with Gasteiger partial charge < -0.3 is 9.47 Å². The zero-order chi connectivity index (χ0) is 14.5. The zero-order valence-corrected chi connectivity index (χ0v) is 12.4. The van der Waals surface area contributed by atoms with Gasteiger partial charge in [-0.05, 0) is 38.2 Å². The van der Waals surface area contributed by atoms with Gasteiger partial charge in [-0.15, -0.1) is 0 Å². The molecule has 20 heavy (non-hydrogen) atoms. The molecule has 0 aliphatic rings. The van der Waals surface area contributed by atoms with Gasteiger partial charge in [-0.3, -0.25) is 5.10 Å². The first-order valence-electron chi connectivity index (χ1n) is 6.15. The Bertz CT molecular complexity index is 675. The van der Waals surface area contributed by atoms with Gasteiger partial charge in [0, 0.05) is 5.56 Å². The van der Waals surface area contributed by atoms with Crippen molar-refractivity contribution in [1.82, 2.24) is 14.9 Å². The number of aromatic nitrogens is 3. The van der Waals surface area contributed by atoms with Crippen molar-refractivity contribution in [2.24, 2.45) is 5.10 Å². The lowest BCUT2D eigenvalue weighted by Gasteiger charge is -2.11. The standard InChI is InChI=1S/C13H16N4O2S/c1-4-19-11-7-5-6-10(12(11)18-3)8-14-17-9(2)15-16-13(17)20/h5-8H,4H2,1-3H3,(H,16,20)/b14-8-. The second-order valence-corrected chi connectivity index (χ2v) is 4.33. The molecule has 0 fully saturated rings. The number of aromatic amines is 1. The highest BCUT2D eigenvalue weighted by atomic mass is 32.1. The molecule has 0 bridgehead atoms. The monoisotopic (exact) mass is 292 g/mol. The van der Waals surface area contributed by atoms with E-state index in [1.54, 1.807) is 18.0 Å². The average Bonchev–Trinajstić information content (AvgIpc) is 2.76. The highest BCUT2D eigenvalue weighted by Gasteiger charge is 2.08. The van der Waals surface area contributed by atoms with Gasteiger partial charge in [0.25, 0.3) is 0 Å². The first-order valence-corrected chi connectivity index (χ1v) is 6.56. The molecule has 0 aliphatic carbocycles. The first-order chi connectivity index (χ1) is 9.67. The van der Waals surface area contributed by atoms with Crippen LogP contribution in [0.25, 0.3) is 0 Å². The van der Waals surface area contributed by atoms with Gasteiger partial charge in [0.05, 0.1) is 19.9 Å². The van der Waals surface area contributed by atoms with Crippen molar-refractivity contribution in [3.05, 3.63) is 34.4 Å². The second-order valence-electron chi connectivity index (χ2n) is 3.94. The maximum Gasteiger partial charge on any atom is 0.216 e. The Morgan fingerprint density at radius 1 is 1.50 bits per heavy atom. The molecule has 0 saturated carbocycles. The Labute approximate surface area is 122 Å². The molecule has 1 heterocycles. The van der Waals surface area contributed by atoms with E-state index < -0.39 is 0 Å². The number of hydrogen-bond acceptors (Lipinski definition) is 5. The van der Waals surface area contributed by atoms with Gasteiger partial charge in [0.15, 0.2) is 11.5 Å². The number of benzene rings is 1. The van der Waals surface area contributed by atoms with Crippen molar-refractivity contribution in [2.45, 2.75) is 13.8 Å². The topological polar surface area (TPSA) is 64.4 Å². The maximum absolute atomic E-state index is 5.52. The minimum atomic E-state index is 0.443. The number of aryl methyl sites for hydroxylation is 1. The van der Waals surface area contributed by atoms with Crippen LogP contribution in [-0.4, -0.2) is 34.8 Å². The summed E-state index contributed by atoms with van der Waals surface area (Å²) >= 11 is 5.09. The maximum atomic E-state index is 5.52. The second kappa shape index (κ2) is 6.33. The van der Waals surface area contributed by atoms with Gasteiger partial charge in [-0.25, -0.2) is 0 Å². The van der Waals surface area contributed by atoms with Crippen LogP contribution in [0.4, 0.5) is 0 Å². The highest BCUT2D eigenvalue weighted by molar-refractivity contribution is 7.71. The molecule has 0 saturated heterocycles. The van der Waals surface area contributed by atoms with E-state index in [0.29, 0.717) is 28.7 Å². The van der Waals surface area contributed by atoms with Crippen molar-refractivity contribution in [3.63, 3.8) is 0 Å². The normalized spacial score (nSPS) is 10.9. The zero-order valence-electron chi connectivity index (χ0n) is 11.6. The first kappa shape index (κ1) is 14.3. The number of nitrogens with zero attached hydrogens (tertiary/aromatic N) is 3. The van der Waals surface area contributed by atoms with Gasteiger partial charge in [-0.2, -0.15) is 14.9 Å². The van der Waals surface area contributed by atoms with Crippen LogP contribution in [-0.2, 0) is 0 Å². The van der Waals surface area contributed by atoms with Crippen LogP contribution in [0, 0.1) is 11.7 Å². The van der Waals surface area contributed by atoms with Crippen molar-refractivity contribution >= 4 is 18.4 Å². The number of hydrogen-bond donors (Lipinski definition) is 1. The Kier molecular flexibility index (Phi) is 4.52. The molecule has 1 aromatic heterocycles. The van der Waals surface area contributed by atoms with E-state index in [-0.39, 0.29) is 0 Å². The fourth-order valence-electron chi connectivity index (χ4n) is 1.75. The highest BCUT2D eigenvalue weighted by Crippen LogP contribution is 2.29. The smallest absolute Gasteiger partial charge is 0.216 e. The molecule has 0 radical (unpaired) electrons. The van der Waals surface area contributed by atoms with Gasteiger partial charge in [0.2, 0.25) is 4.77 Å². The fraction of sp³-hybridized carbons (Fsp3) is 0.308. The molecule has 2 rings (SSSR count). The summed E-state index contributed by atoms with van der Waals surface area (Å²) in [7, 11) is 1.60. The summed E-state index contributed by atoms with van der Waals surface area (Å²) in [5.41, 5.74) is 0.806. The SMILES string of the molecule is CCOc1cccc(/C=N\n2c(C)n[nH]c2=S)c1OC. The summed E-state index contributed by atoms with van der Waals surface area (Å²) in [6.45, 7) is 4.31. The molecule has 6 nitrogen and oxygen atoms in total. The Hall–Kier alpha value is -2.15. The summed E-state index contributed by atoms with van der Waals surface area (Å²) < 4.78 is 12.9. The van der Waals surface area contributed by atoms with E-state index >= 15 is 0 Å². The van der Waals surface area contributed by atoms with Gasteiger partial charge in [0.1, 0.15) is 5.82 Å². The number of para-hydroxylation sites is 1. The van der Waals surface area contributed by atoms with Crippen molar-refractivity contribution in [3.8, 4) is 11.5 Å². The average molecular weight is 292 g/mol. The van der Waals surface area contributed by atoms with Gasteiger partial charge in [-0.1, -0.05) is 6.07 Å². The summed E-state index contributed by atoms with van der Waals surface area (Å²) in [6, 6.07) is 5.63. The number of methoxy groups -OCH3 is 1. The Balaban J connectivity index is 2.38. The molecule has 106 valence electrons. The number of ether oxygens (including phenoxy) is 2. The van der Waals surface area contributed by atoms with E-state index in [0.717, 1.165) is 5.56 Å². The summed E-state index contributed by atoms with van der Waals surface area (Å²) in [6.07, 6.45) is 1.67. The summed E-state index contributed by atoms with van der Waals surface area (Å²) in [4.78, 5) is 0. The summed E-state index contributed by atoms with van der Waals surface area (Å²) in [5.74, 6) is 2.02.